The molecule has 0 spiro atoms. The number of alkyl halides is 6. The lowest BCUT2D eigenvalue weighted by Gasteiger charge is -2.36. The van der Waals surface area contributed by atoms with Crippen molar-refractivity contribution in [2.24, 2.45) is 0 Å². The van der Waals surface area contributed by atoms with Gasteiger partial charge in [0.05, 0.1) is 5.56 Å². The Morgan fingerprint density at radius 3 is 2.29 bits per heavy atom. The van der Waals surface area contributed by atoms with Gasteiger partial charge < -0.3 is 9.80 Å². The number of urea groups is 1. The fourth-order valence-electron chi connectivity index (χ4n) is 2.68. The zero-order chi connectivity index (χ0) is 20.5. The van der Waals surface area contributed by atoms with Crippen molar-refractivity contribution in [2.75, 3.05) is 36.4 Å². The van der Waals surface area contributed by atoms with Gasteiger partial charge in [-0.3, -0.25) is 5.32 Å². The smallest absolute Gasteiger partial charge is 0.368 e. The number of thiazole rings is 1. The minimum Gasteiger partial charge on any atom is -0.368 e. The molecule has 1 aromatic heterocycles. The quantitative estimate of drug-likeness (QED) is 0.721. The molecule has 1 N–H and O–H groups in total. The predicted molar refractivity (Wildman–Crippen MR) is 91.4 cm³/mol. The number of piperazine rings is 1. The minimum atomic E-state index is -4.59. The van der Waals surface area contributed by atoms with E-state index in [0.29, 0.717) is 30.1 Å². The van der Waals surface area contributed by atoms with Crippen LogP contribution in [-0.2, 0) is 12.4 Å². The molecule has 0 saturated carbocycles. The zero-order valence-electron chi connectivity index (χ0n) is 14.1. The second-order valence-corrected chi connectivity index (χ2v) is 6.85. The molecule has 3 rings (SSSR count). The first-order chi connectivity index (χ1) is 13.0. The van der Waals surface area contributed by atoms with Crippen molar-refractivity contribution >= 4 is 28.2 Å². The number of halogens is 6. The molecule has 0 radical (unpaired) electrons. The maximum atomic E-state index is 12.8. The SMILES string of the molecule is O=C(Nc1nc(C(F)(F)F)cs1)N1CCN(c2cccc(C(F)(F)F)c2)CC1. The average molecular weight is 424 g/mol. The highest BCUT2D eigenvalue weighted by atomic mass is 32.1. The van der Waals surface area contributed by atoms with Gasteiger partial charge in [-0.1, -0.05) is 6.07 Å². The van der Waals surface area contributed by atoms with Gasteiger partial charge in [0.25, 0.3) is 0 Å². The molecule has 0 unspecified atom stereocenters. The number of amides is 2. The van der Waals surface area contributed by atoms with Gasteiger partial charge in [-0.25, -0.2) is 9.78 Å². The number of aromatic nitrogens is 1. The molecule has 1 aromatic carbocycles. The first-order valence-corrected chi connectivity index (χ1v) is 8.93. The molecule has 5 nitrogen and oxygen atoms in total. The number of benzene rings is 1. The third kappa shape index (κ3) is 4.66. The Morgan fingerprint density at radius 2 is 1.71 bits per heavy atom. The molecule has 0 bridgehead atoms. The monoisotopic (exact) mass is 424 g/mol. The fourth-order valence-corrected chi connectivity index (χ4v) is 3.39. The Bertz CT molecular complexity index is 842. The van der Waals surface area contributed by atoms with Gasteiger partial charge in [0.2, 0.25) is 0 Å². The normalized spacial score (nSPS) is 15.6. The van der Waals surface area contributed by atoms with Gasteiger partial charge in [-0.15, -0.1) is 11.3 Å². The van der Waals surface area contributed by atoms with E-state index in [0.717, 1.165) is 17.5 Å². The van der Waals surface area contributed by atoms with Gasteiger partial charge >= 0.3 is 18.4 Å². The Balaban J connectivity index is 1.58. The largest absolute Gasteiger partial charge is 0.434 e. The summed E-state index contributed by atoms with van der Waals surface area (Å²) < 4.78 is 76.1. The lowest BCUT2D eigenvalue weighted by molar-refractivity contribution is -0.140. The number of hydrogen-bond acceptors (Lipinski definition) is 4. The summed E-state index contributed by atoms with van der Waals surface area (Å²) in [6.07, 6.45) is -9.03. The molecule has 1 aliphatic heterocycles. The number of hydrogen-bond donors (Lipinski definition) is 1. The van der Waals surface area contributed by atoms with Crippen LogP contribution in [-0.4, -0.2) is 42.1 Å². The summed E-state index contributed by atoms with van der Waals surface area (Å²) in [6.45, 7) is 1.000. The fraction of sp³-hybridized carbons (Fsp3) is 0.375. The van der Waals surface area contributed by atoms with Crippen LogP contribution in [0, 0.1) is 0 Å². The van der Waals surface area contributed by atoms with Crippen molar-refractivity contribution in [3.63, 3.8) is 0 Å². The van der Waals surface area contributed by atoms with Crippen LogP contribution in [0.5, 0.6) is 0 Å². The zero-order valence-corrected chi connectivity index (χ0v) is 15.0. The highest BCUT2D eigenvalue weighted by molar-refractivity contribution is 7.13. The Labute approximate surface area is 159 Å². The van der Waals surface area contributed by atoms with E-state index in [9.17, 15) is 31.1 Å². The summed E-state index contributed by atoms with van der Waals surface area (Å²) in [7, 11) is 0. The number of carbonyl (C=O) groups is 1. The average Bonchev–Trinajstić information content (AvgIpc) is 3.10. The van der Waals surface area contributed by atoms with E-state index in [4.69, 9.17) is 0 Å². The third-order valence-corrected chi connectivity index (χ3v) is 4.87. The first kappa shape index (κ1) is 20.2. The van der Waals surface area contributed by atoms with Crippen molar-refractivity contribution in [1.29, 1.82) is 0 Å². The van der Waals surface area contributed by atoms with E-state index in [1.165, 1.54) is 11.0 Å². The molecule has 2 heterocycles. The van der Waals surface area contributed by atoms with Gasteiger partial charge in [0, 0.05) is 37.2 Å². The summed E-state index contributed by atoms with van der Waals surface area (Å²) >= 11 is 0.663. The Morgan fingerprint density at radius 1 is 1.04 bits per heavy atom. The second kappa shape index (κ2) is 7.49. The highest BCUT2D eigenvalue weighted by Gasteiger charge is 2.34. The predicted octanol–water partition coefficient (Wildman–Crippen LogP) is 4.53. The van der Waals surface area contributed by atoms with Crippen LogP contribution in [0.2, 0.25) is 0 Å². The molecule has 1 aliphatic rings. The standard InChI is InChI=1S/C16H14F6N4OS/c17-15(18,19)10-2-1-3-11(8-10)25-4-6-26(7-5-25)14(27)24-13-23-12(9-28-13)16(20,21)22/h1-3,8-9H,4-7H2,(H,23,24,27). The van der Waals surface area contributed by atoms with Crippen LogP contribution in [0.1, 0.15) is 11.3 Å². The van der Waals surface area contributed by atoms with Crippen molar-refractivity contribution < 1.29 is 31.1 Å². The second-order valence-electron chi connectivity index (χ2n) is 5.99. The van der Waals surface area contributed by atoms with Crippen LogP contribution < -0.4 is 10.2 Å². The van der Waals surface area contributed by atoms with Crippen LogP contribution >= 0.6 is 11.3 Å². The summed E-state index contributed by atoms with van der Waals surface area (Å²) in [4.78, 5) is 18.6. The number of rotatable bonds is 2. The molecular formula is C16H14F6N4OS. The Hall–Kier alpha value is -2.50. The molecule has 152 valence electrons. The maximum absolute atomic E-state index is 12.8. The molecule has 0 atom stereocenters. The maximum Gasteiger partial charge on any atom is 0.434 e. The van der Waals surface area contributed by atoms with Crippen molar-refractivity contribution in [2.45, 2.75) is 12.4 Å². The molecule has 0 aliphatic carbocycles. The van der Waals surface area contributed by atoms with Gasteiger partial charge in [-0.2, -0.15) is 26.3 Å². The third-order valence-electron chi connectivity index (χ3n) is 4.11. The number of nitrogens with zero attached hydrogens (tertiary/aromatic N) is 3. The summed E-state index contributed by atoms with van der Waals surface area (Å²) in [6, 6.07) is 4.30. The molecule has 28 heavy (non-hydrogen) atoms. The van der Waals surface area contributed by atoms with E-state index in [-0.39, 0.29) is 18.2 Å². The molecule has 1 fully saturated rings. The molecular weight excluding hydrogens is 410 g/mol. The number of nitrogens with one attached hydrogen (secondary N) is 1. The number of carbonyl (C=O) groups excluding carboxylic acids is 1. The van der Waals surface area contributed by atoms with Crippen molar-refractivity contribution in [1.82, 2.24) is 9.88 Å². The van der Waals surface area contributed by atoms with Crippen LogP contribution in [0.25, 0.3) is 0 Å². The Kier molecular flexibility index (Phi) is 5.41. The van der Waals surface area contributed by atoms with E-state index < -0.39 is 29.6 Å². The van der Waals surface area contributed by atoms with Gasteiger partial charge in [0.15, 0.2) is 10.8 Å². The van der Waals surface area contributed by atoms with Crippen LogP contribution in [0.3, 0.4) is 0 Å². The van der Waals surface area contributed by atoms with E-state index in [1.54, 1.807) is 11.0 Å². The summed E-state index contributed by atoms with van der Waals surface area (Å²) in [5, 5.41) is 2.95. The molecule has 12 heteroatoms. The van der Waals surface area contributed by atoms with Gasteiger partial charge in [0.1, 0.15) is 0 Å². The topological polar surface area (TPSA) is 48.5 Å². The van der Waals surface area contributed by atoms with Crippen molar-refractivity contribution in [3.8, 4) is 0 Å². The molecule has 2 amide bonds. The minimum absolute atomic E-state index is 0.169. The van der Waals surface area contributed by atoms with E-state index in [1.807, 2.05) is 0 Å². The van der Waals surface area contributed by atoms with E-state index >= 15 is 0 Å². The number of anilines is 2. The van der Waals surface area contributed by atoms with Crippen molar-refractivity contribution in [3.05, 3.63) is 40.9 Å². The van der Waals surface area contributed by atoms with Crippen LogP contribution in [0.15, 0.2) is 29.6 Å². The summed E-state index contributed by atoms with van der Waals surface area (Å²) in [5.74, 6) is 0. The summed E-state index contributed by atoms with van der Waals surface area (Å²) in [5.41, 5.74) is -1.44. The highest BCUT2D eigenvalue weighted by Crippen LogP contribution is 2.33. The van der Waals surface area contributed by atoms with E-state index in [2.05, 4.69) is 10.3 Å². The lowest BCUT2D eigenvalue weighted by atomic mass is 10.1. The first-order valence-electron chi connectivity index (χ1n) is 8.05. The van der Waals surface area contributed by atoms with Crippen LogP contribution in [0.4, 0.5) is 42.0 Å². The lowest BCUT2D eigenvalue weighted by Crippen LogP contribution is -2.50. The molecule has 1 saturated heterocycles. The molecule has 2 aromatic rings. The van der Waals surface area contributed by atoms with Gasteiger partial charge in [-0.05, 0) is 18.2 Å².